The van der Waals surface area contributed by atoms with E-state index in [0.29, 0.717) is 26.2 Å². The van der Waals surface area contributed by atoms with Crippen molar-refractivity contribution in [1.82, 2.24) is 10.2 Å². The van der Waals surface area contributed by atoms with Gasteiger partial charge in [-0.05, 0) is 11.1 Å². The molecular weight excluding hydrogens is 328 g/mol. The van der Waals surface area contributed by atoms with E-state index in [1.165, 1.54) is 0 Å². The van der Waals surface area contributed by atoms with Gasteiger partial charge in [0.15, 0.2) is 0 Å². The number of carbonyl (C=O) groups excluding carboxylic acids is 2. The second-order valence-corrected chi connectivity index (χ2v) is 5.83. The van der Waals surface area contributed by atoms with Gasteiger partial charge in [0.2, 0.25) is 5.91 Å². The van der Waals surface area contributed by atoms with Gasteiger partial charge in [0.05, 0.1) is 13.2 Å². The maximum absolute atomic E-state index is 12.0. The van der Waals surface area contributed by atoms with Crippen molar-refractivity contribution in [3.63, 3.8) is 0 Å². The van der Waals surface area contributed by atoms with Crippen molar-refractivity contribution >= 4 is 12.1 Å². The average Bonchev–Trinajstić information content (AvgIpc) is 2.62. The largest absolute Gasteiger partial charge is 0.508 e. The number of ether oxygens (including phenoxy) is 2. The molecule has 3 N–H and O–H groups in total. The van der Waals surface area contributed by atoms with Crippen LogP contribution in [0.3, 0.4) is 0 Å². The van der Waals surface area contributed by atoms with Crippen LogP contribution in [0.4, 0.5) is 4.79 Å². The highest BCUT2D eigenvalue weighted by atomic mass is 16.7. The molecule has 1 fully saturated rings. The minimum Gasteiger partial charge on any atom is -0.433 e. The second-order valence-electron chi connectivity index (χ2n) is 5.83. The monoisotopic (exact) mass is 352 g/mol. The second kappa shape index (κ2) is 9.97. The summed E-state index contributed by atoms with van der Waals surface area (Å²) >= 11 is 0. The molecule has 1 aliphatic rings. The Morgan fingerprint density at radius 3 is 2.20 bits per heavy atom. The minimum atomic E-state index is -0.740. The normalized spacial score (nSPS) is 14.9. The first-order valence-corrected chi connectivity index (χ1v) is 8.21. The fraction of sp³-hybridized carbons (Fsp3) is 0.529. The molecule has 1 amide bonds. The Morgan fingerprint density at radius 2 is 1.64 bits per heavy atom. The third-order valence-electron chi connectivity index (χ3n) is 3.90. The number of aliphatic hydroxyl groups is 2. The molecule has 1 aromatic carbocycles. The van der Waals surface area contributed by atoms with Gasteiger partial charge < -0.3 is 25.0 Å². The fourth-order valence-corrected chi connectivity index (χ4v) is 2.49. The van der Waals surface area contributed by atoms with Gasteiger partial charge in [-0.1, -0.05) is 24.3 Å². The molecule has 25 heavy (non-hydrogen) atoms. The van der Waals surface area contributed by atoms with Crippen molar-refractivity contribution in [2.75, 3.05) is 39.5 Å². The number of nitrogens with zero attached hydrogens (tertiary/aromatic N) is 1. The average molecular weight is 352 g/mol. The van der Waals surface area contributed by atoms with Crippen LogP contribution in [0, 0.1) is 5.92 Å². The van der Waals surface area contributed by atoms with Crippen molar-refractivity contribution < 1.29 is 29.3 Å². The van der Waals surface area contributed by atoms with Crippen LogP contribution >= 0.6 is 0 Å². The molecule has 0 saturated carbocycles. The lowest BCUT2D eigenvalue weighted by atomic mass is 10.1. The van der Waals surface area contributed by atoms with E-state index < -0.39 is 12.1 Å². The molecule has 0 atom stereocenters. The molecule has 0 bridgehead atoms. The lowest BCUT2D eigenvalue weighted by molar-refractivity contribution is -0.131. The number of hydrogen-bond donors (Lipinski definition) is 3. The van der Waals surface area contributed by atoms with Gasteiger partial charge in [-0.15, -0.1) is 0 Å². The van der Waals surface area contributed by atoms with E-state index in [-0.39, 0.29) is 32.3 Å². The summed E-state index contributed by atoms with van der Waals surface area (Å²) in [6, 6.07) is 7.75. The predicted molar refractivity (Wildman–Crippen MR) is 88.5 cm³/mol. The van der Waals surface area contributed by atoms with E-state index in [9.17, 15) is 9.59 Å². The van der Waals surface area contributed by atoms with Gasteiger partial charge >= 0.3 is 6.16 Å². The summed E-state index contributed by atoms with van der Waals surface area (Å²) in [6.07, 6.45) is -0.740. The summed E-state index contributed by atoms with van der Waals surface area (Å²) in [5, 5.41) is 20.9. The lowest BCUT2D eigenvalue weighted by Crippen LogP contribution is -2.39. The van der Waals surface area contributed by atoms with Gasteiger partial charge in [0, 0.05) is 26.2 Å². The van der Waals surface area contributed by atoms with Crippen LogP contribution in [-0.4, -0.2) is 66.7 Å². The van der Waals surface area contributed by atoms with E-state index in [1.54, 1.807) is 0 Å². The predicted octanol–water partition coefficient (Wildman–Crippen LogP) is -0.128. The summed E-state index contributed by atoms with van der Waals surface area (Å²) in [7, 11) is 0. The first kappa shape index (κ1) is 19.2. The molecule has 1 heterocycles. The molecule has 2 rings (SSSR count). The number of hydrogen-bond acceptors (Lipinski definition) is 7. The van der Waals surface area contributed by atoms with E-state index >= 15 is 0 Å². The van der Waals surface area contributed by atoms with Crippen molar-refractivity contribution in [3.05, 3.63) is 35.4 Å². The molecule has 0 spiro atoms. The Labute approximate surface area is 146 Å². The van der Waals surface area contributed by atoms with Crippen LogP contribution in [-0.2, 0) is 27.4 Å². The molecule has 0 aromatic heterocycles. The third-order valence-corrected chi connectivity index (χ3v) is 3.90. The smallest absolute Gasteiger partial charge is 0.433 e. The number of carbonyl (C=O) groups is 2. The maximum Gasteiger partial charge on any atom is 0.508 e. The van der Waals surface area contributed by atoms with Crippen LogP contribution in [0.2, 0.25) is 0 Å². The van der Waals surface area contributed by atoms with Crippen LogP contribution < -0.4 is 5.32 Å². The molecule has 138 valence electrons. The van der Waals surface area contributed by atoms with Crippen LogP contribution in [0.25, 0.3) is 0 Å². The molecular formula is C17H24N2O6. The zero-order valence-corrected chi connectivity index (χ0v) is 14.0. The van der Waals surface area contributed by atoms with Crippen molar-refractivity contribution in [3.8, 4) is 0 Å². The number of benzene rings is 1. The van der Waals surface area contributed by atoms with Crippen LogP contribution in [0.5, 0.6) is 0 Å². The van der Waals surface area contributed by atoms with Crippen LogP contribution in [0.15, 0.2) is 24.3 Å². The summed E-state index contributed by atoms with van der Waals surface area (Å²) in [5.41, 5.74) is 2.01. The Bertz CT molecular complexity index is 547. The zero-order valence-electron chi connectivity index (χ0n) is 14.0. The van der Waals surface area contributed by atoms with Gasteiger partial charge in [0.1, 0.15) is 19.1 Å². The van der Waals surface area contributed by atoms with Gasteiger partial charge in [-0.2, -0.15) is 0 Å². The third kappa shape index (κ3) is 6.33. The highest BCUT2D eigenvalue weighted by molar-refractivity contribution is 5.80. The van der Waals surface area contributed by atoms with Gasteiger partial charge in [0.25, 0.3) is 0 Å². The summed E-state index contributed by atoms with van der Waals surface area (Å²) in [6.45, 7) is 2.19. The van der Waals surface area contributed by atoms with Crippen molar-refractivity contribution in [1.29, 1.82) is 0 Å². The summed E-state index contributed by atoms with van der Waals surface area (Å²) in [5.74, 6) is -0.698. The first-order valence-electron chi connectivity index (χ1n) is 8.21. The first-order chi connectivity index (χ1) is 12.1. The Hall–Kier alpha value is -2.16. The van der Waals surface area contributed by atoms with E-state index in [4.69, 9.17) is 19.7 Å². The standard InChI is InChI=1S/C17H24N2O6/c20-7-5-19(6-8-21)10-14-3-1-13(2-4-14)9-18-16(22)15-11-24-17(23)25-12-15/h1-4,15,20-21H,5-12H2,(H,18,22). The number of aliphatic hydroxyl groups excluding tert-OH is 2. The topological polar surface area (TPSA) is 108 Å². The summed E-state index contributed by atoms with van der Waals surface area (Å²) < 4.78 is 9.39. The fourth-order valence-electron chi connectivity index (χ4n) is 2.49. The number of nitrogens with one attached hydrogen (secondary N) is 1. The molecule has 1 aromatic rings. The quantitative estimate of drug-likeness (QED) is 0.531. The van der Waals surface area contributed by atoms with Gasteiger partial charge in [-0.3, -0.25) is 9.69 Å². The number of cyclic esters (lactones) is 2. The van der Waals surface area contributed by atoms with E-state index in [1.807, 2.05) is 29.2 Å². The molecule has 1 saturated heterocycles. The Morgan fingerprint density at radius 1 is 1.08 bits per heavy atom. The number of rotatable bonds is 9. The van der Waals surface area contributed by atoms with Crippen molar-refractivity contribution in [2.45, 2.75) is 13.1 Å². The Kier molecular flexibility index (Phi) is 7.65. The van der Waals surface area contributed by atoms with Crippen molar-refractivity contribution in [2.24, 2.45) is 5.92 Å². The minimum absolute atomic E-state index is 0.0369. The SMILES string of the molecule is O=C1OCC(C(=O)NCc2ccc(CN(CCO)CCO)cc2)CO1. The zero-order chi connectivity index (χ0) is 18.1. The van der Waals surface area contributed by atoms with Crippen LogP contribution in [0.1, 0.15) is 11.1 Å². The molecule has 0 aliphatic carbocycles. The van der Waals surface area contributed by atoms with E-state index in [2.05, 4.69) is 5.32 Å². The molecule has 0 unspecified atom stereocenters. The lowest BCUT2D eigenvalue weighted by Gasteiger charge is -2.21. The summed E-state index contributed by atoms with van der Waals surface area (Å²) in [4.78, 5) is 24.8. The molecule has 8 heteroatoms. The highest BCUT2D eigenvalue weighted by Crippen LogP contribution is 2.10. The van der Waals surface area contributed by atoms with E-state index in [0.717, 1.165) is 11.1 Å². The highest BCUT2D eigenvalue weighted by Gasteiger charge is 2.27. The molecule has 8 nitrogen and oxygen atoms in total. The van der Waals surface area contributed by atoms with Gasteiger partial charge in [-0.25, -0.2) is 4.79 Å². The molecule has 1 aliphatic heterocycles. The molecule has 0 radical (unpaired) electrons. The maximum atomic E-state index is 12.0. The Balaban J connectivity index is 1.79. The number of amides is 1.